The van der Waals surface area contributed by atoms with Gasteiger partial charge >= 0.3 is 0 Å². The van der Waals surface area contributed by atoms with Gasteiger partial charge in [-0.3, -0.25) is 5.10 Å². The van der Waals surface area contributed by atoms with E-state index < -0.39 is 0 Å². The molecule has 19 heavy (non-hydrogen) atoms. The molecule has 0 aliphatic rings. The van der Waals surface area contributed by atoms with Crippen molar-refractivity contribution < 1.29 is 0 Å². The minimum Gasteiger partial charge on any atom is -0.274 e. The van der Waals surface area contributed by atoms with Gasteiger partial charge in [-0.15, -0.1) is 10.2 Å². The summed E-state index contributed by atoms with van der Waals surface area (Å²) in [7, 11) is 0. The van der Waals surface area contributed by atoms with Crippen LogP contribution in [0.4, 0.5) is 0 Å². The summed E-state index contributed by atoms with van der Waals surface area (Å²) < 4.78 is 1.72. The molecule has 4 heterocycles. The van der Waals surface area contributed by atoms with Crippen LogP contribution in [0.5, 0.6) is 0 Å². The predicted octanol–water partition coefficient (Wildman–Crippen LogP) is 2.96. The highest BCUT2D eigenvalue weighted by molar-refractivity contribution is 7.19. The number of aromatic amines is 1. The van der Waals surface area contributed by atoms with Crippen LogP contribution in [-0.2, 0) is 0 Å². The van der Waals surface area contributed by atoms with Gasteiger partial charge in [0.05, 0.1) is 11.2 Å². The first-order chi connectivity index (χ1) is 9.33. The lowest BCUT2D eigenvalue weighted by molar-refractivity contribution is 0.964. The molecule has 94 valence electrons. The van der Waals surface area contributed by atoms with Gasteiger partial charge in [-0.05, 0) is 11.4 Å². The Morgan fingerprint density at radius 2 is 2.26 bits per heavy atom. The molecule has 0 radical (unpaired) electrons. The molecular weight excluding hydrogens is 304 g/mol. The first-order valence-corrected chi connectivity index (χ1v) is 7.41. The second-order valence-corrected chi connectivity index (χ2v) is 5.87. The van der Waals surface area contributed by atoms with Gasteiger partial charge in [-0.2, -0.15) is 26.0 Å². The second-order valence-electron chi connectivity index (χ2n) is 3.73. The summed E-state index contributed by atoms with van der Waals surface area (Å²) in [5.41, 5.74) is 1.71. The summed E-state index contributed by atoms with van der Waals surface area (Å²) in [5.74, 6) is 0.731. The number of halogens is 1. The maximum absolute atomic E-state index is 6.04. The highest BCUT2D eigenvalue weighted by atomic mass is 35.5. The fourth-order valence-corrected chi connectivity index (χ4v) is 3.43. The molecule has 9 heteroatoms. The van der Waals surface area contributed by atoms with E-state index in [0.717, 1.165) is 21.4 Å². The number of nitrogens with one attached hydrogen (secondary N) is 1. The van der Waals surface area contributed by atoms with Gasteiger partial charge in [-0.25, -0.2) is 0 Å². The standard InChI is InChI=1S/C10H5ClN6S2/c11-6-3-12-13-7(6)9-16-17-8(5-1-2-18-4-5)14-15-10(17)19-9/h1-4H,(H,12,13). The largest absolute Gasteiger partial charge is 0.274 e. The molecule has 0 saturated heterocycles. The first-order valence-electron chi connectivity index (χ1n) is 5.27. The number of hydrogen-bond donors (Lipinski definition) is 1. The monoisotopic (exact) mass is 308 g/mol. The smallest absolute Gasteiger partial charge is 0.235 e. The number of nitrogens with zero attached hydrogens (tertiary/aromatic N) is 5. The van der Waals surface area contributed by atoms with Crippen LogP contribution in [-0.4, -0.2) is 30.0 Å². The van der Waals surface area contributed by atoms with Gasteiger partial charge in [0.2, 0.25) is 4.96 Å². The molecule has 0 spiro atoms. The van der Waals surface area contributed by atoms with E-state index in [4.69, 9.17) is 11.6 Å². The Hall–Kier alpha value is -1.77. The molecule has 1 N–H and O–H groups in total. The van der Waals surface area contributed by atoms with Gasteiger partial charge < -0.3 is 0 Å². The fourth-order valence-electron chi connectivity index (χ4n) is 1.71. The zero-order valence-electron chi connectivity index (χ0n) is 9.24. The number of aromatic nitrogens is 6. The van der Waals surface area contributed by atoms with Gasteiger partial charge in [0, 0.05) is 10.9 Å². The summed E-state index contributed by atoms with van der Waals surface area (Å²) in [5, 5.41) is 24.8. The normalized spacial score (nSPS) is 11.4. The van der Waals surface area contributed by atoms with Gasteiger partial charge in [0.1, 0.15) is 5.69 Å². The Morgan fingerprint density at radius 3 is 3.00 bits per heavy atom. The molecule has 0 fully saturated rings. The third-order valence-electron chi connectivity index (χ3n) is 2.58. The molecule has 6 nitrogen and oxygen atoms in total. The van der Waals surface area contributed by atoms with Crippen LogP contribution in [0.2, 0.25) is 5.02 Å². The van der Waals surface area contributed by atoms with E-state index in [2.05, 4.69) is 25.5 Å². The van der Waals surface area contributed by atoms with Crippen LogP contribution >= 0.6 is 34.3 Å². The van der Waals surface area contributed by atoms with Crippen molar-refractivity contribution in [2.75, 3.05) is 0 Å². The van der Waals surface area contributed by atoms with E-state index in [-0.39, 0.29) is 0 Å². The maximum Gasteiger partial charge on any atom is 0.235 e. The second kappa shape index (κ2) is 4.12. The minimum absolute atomic E-state index is 0.544. The molecule has 4 aromatic rings. The molecule has 4 rings (SSSR count). The Labute approximate surface area is 119 Å². The lowest BCUT2D eigenvalue weighted by Crippen LogP contribution is -1.89. The van der Waals surface area contributed by atoms with Crippen LogP contribution in [0.1, 0.15) is 0 Å². The lowest BCUT2D eigenvalue weighted by atomic mass is 10.3. The van der Waals surface area contributed by atoms with Gasteiger partial charge in [-0.1, -0.05) is 22.9 Å². The van der Waals surface area contributed by atoms with E-state index in [1.165, 1.54) is 11.3 Å². The molecule has 0 aliphatic carbocycles. The van der Waals surface area contributed by atoms with Crippen LogP contribution in [0, 0.1) is 0 Å². The van der Waals surface area contributed by atoms with Crippen molar-refractivity contribution in [3.05, 3.63) is 28.0 Å². The number of H-pyrrole nitrogens is 1. The van der Waals surface area contributed by atoms with Crippen molar-refractivity contribution in [1.82, 2.24) is 30.0 Å². The van der Waals surface area contributed by atoms with Crippen molar-refractivity contribution in [1.29, 1.82) is 0 Å². The Kier molecular flexibility index (Phi) is 2.40. The SMILES string of the molecule is Clc1cn[nH]c1-c1nn2c(-c3ccsc3)nnc2s1. The summed E-state index contributed by atoms with van der Waals surface area (Å²) in [4.78, 5) is 0.724. The topological polar surface area (TPSA) is 71.8 Å². The van der Waals surface area contributed by atoms with E-state index >= 15 is 0 Å². The molecule has 0 amide bonds. The fraction of sp³-hybridized carbons (Fsp3) is 0. The molecule has 0 aromatic carbocycles. The van der Waals surface area contributed by atoms with Crippen LogP contribution in [0.25, 0.3) is 27.1 Å². The lowest BCUT2D eigenvalue weighted by Gasteiger charge is -1.91. The number of rotatable bonds is 2. The van der Waals surface area contributed by atoms with E-state index in [0.29, 0.717) is 10.7 Å². The third-order valence-corrected chi connectivity index (χ3v) is 4.46. The van der Waals surface area contributed by atoms with Crippen molar-refractivity contribution in [2.45, 2.75) is 0 Å². The van der Waals surface area contributed by atoms with E-state index in [1.807, 2.05) is 16.8 Å². The van der Waals surface area contributed by atoms with Crippen LogP contribution in [0.15, 0.2) is 23.0 Å². The minimum atomic E-state index is 0.544. The Morgan fingerprint density at radius 1 is 1.32 bits per heavy atom. The molecule has 0 saturated carbocycles. The number of hydrogen-bond acceptors (Lipinski definition) is 6. The van der Waals surface area contributed by atoms with Crippen molar-refractivity contribution in [3.63, 3.8) is 0 Å². The summed E-state index contributed by atoms with van der Waals surface area (Å²) in [6.07, 6.45) is 1.55. The van der Waals surface area contributed by atoms with E-state index in [9.17, 15) is 0 Å². The van der Waals surface area contributed by atoms with Gasteiger partial charge in [0.25, 0.3) is 0 Å². The third kappa shape index (κ3) is 1.68. The molecule has 0 aliphatic heterocycles. The average Bonchev–Trinajstić information content (AvgIpc) is 3.10. The van der Waals surface area contributed by atoms with Crippen molar-refractivity contribution in [3.8, 4) is 22.1 Å². The molecule has 0 atom stereocenters. The van der Waals surface area contributed by atoms with Crippen molar-refractivity contribution >= 4 is 39.2 Å². The van der Waals surface area contributed by atoms with Gasteiger partial charge in [0.15, 0.2) is 10.8 Å². The van der Waals surface area contributed by atoms with Crippen molar-refractivity contribution in [2.24, 2.45) is 0 Å². The Balaban J connectivity index is 1.92. The molecule has 0 bridgehead atoms. The number of thiophene rings is 1. The van der Waals surface area contributed by atoms with E-state index in [1.54, 1.807) is 22.0 Å². The summed E-state index contributed by atoms with van der Waals surface area (Å²) >= 11 is 9.06. The maximum atomic E-state index is 6.04. The molecule has 4 aromatic heterocycles. The highest BCUT2D eigenvalue weighted by Gasteiger charge is 2.16. The van der Waals surface area contributed by atoms with Crippen LogP contribution in [0.3, 0.4) is 0 Å². The molecule has 0 unspecified atom stereocenters. The number of fused-ring (bicyclic) bond motifs is 1. The average molecular weight is 309 g/mol. The molecular formula is C10H5ClN6S2. The van der Waals surface area contributed by atoms with Crippen LogP contribution < -0.4 is 0 Å². The summed E-state index contributed by atoms with van der Waals surface area (Å²) in [6, 6.07) is 1.99. The highest BCUT2D eigenvalue weighted by Crippen LogP contribution is 2.30. The quantitative estimate of drug-likeness (QED) is 0.618. The predicted molar refractivity (Wildman–Crippen MR) is 74.6 cm³/mol. The zero-order valence-corrected chi connectivity index (χ0v) is 11.6. The zero-order chi connectivity index (χ0) is 12.8. The Bertz CT molecular complexity index is 843. The first kappa shape index (κ1) is 11.1. The summed E-state index contributed by atoms with van der Waals surface area (Å²) in [6.45, 7) is 0.